The third-order valence-electron chi connectivity index (χ3n) is 4.16. The highest BCUT2D eigenvalue weighted by Crippen LogP contribution is 2.13. The number of carbonyl (C=O) groups excluding carboxylic acids is 1. The zero-order chi connectivity index (χ0) is 17.9. The molecule has 0 radical (unpaired) electrons. The number of fused-ring (bicyclic) bond motifs is 1. The highest BCUT2D eigenvalue weighted by Gasteiger charge is 2.17. The molecule has 0 saturated carbocycles. The van der Waals surface area contributed by atoms with Gasteiger partial charge in [-0.25, -0.2) is 0 Å². The molecule has 0 aliphatic heterocycles. The largest absolute Gasteiger partial charge is 0.342 e. The normalized spacial score (nSPS) is 12.2. The molecule has 4 rings (SSSR count). The summed E-state index contributed by atoms with van der Waals surface area (Å²) in [6.45, 7) is 2.51. The lowest BCUT2D eigenvalue weighted by Gasteiger charge is -2.11. The summed E-state index contributed by atoms with van der Waals surface area (Å²) in [4.78, 5) is 12.5. The number of carbonyl (C=O) groups is 1. The minimum Gasteiger partial charge on any atom is -0.342 e. The van der Waals surface area contributed by atoms with Crippen molar-refractivity contribution in [1.82, 2.24) is 29.7 Å². The molecule has 1 aromatic carbocycles. The van der Waals surface area contributed by atoms with Crippen molar-refractivity contribution in [3.8, 4) is 0 Å². The third-order valence-corrected chi connectivity index (χ3v) is 4.16. The fourth-order valence-corrected chi connectivity index (χ4v) is 2.84. The average molecular weight is 346 g/mol. The van der Waals surface area contributed by atoms with Gasteiger partial charge in [-0.1, -0.05) is 36.4 Å². The van der Waals surface area contributed by atoms with E-state index in [2.05, 4.69) is 20.6 Å². The molecule has 130 valence electrons. The second kappa shape index (κ2) is 6.79. The fraction of sp³-hybridized carbons (Fsp3) is 0.158. The van der Waals surface area contributed by atoms with E-state index < -0.39 is 0 Å². The Hall–Kier alpha value is -3.48. The summed E-state index contributed by atoms with van der Waals surface area (Å²) in [6.07, 6.45) is 5.20. The van der Waals surface area contributed by atoms with Crippen LogP contribution in [-0.4, -0.2) is 30.3 Å². The zero-order valence-corrected chi connectivity index (χ0v) is 14.3. The number of amides is 1. The molecule has 0 unspecified atom stereocenters. The number of hydrogen-bond donors (Lipinski definition) is 1. The molecule has 4 aromatic rings. The van der Waals surface area contributed by atoms with Crippen LogP contribution in [-0.2, 0) is 6.54 Å². The lowest BCUT2D eigenvalue weighted by Crippen LogP contribution is -2.27. The molecule has 0 saturated heterocycles. The smallest absolute Gasteiger partial charge is 0.255 e. The van der Waals surface area contributed by atoms with E-state index in [0.717, 1.165) is 11.2 Å². The Morgan fingerprint density at radius 1 is 1.12 bits per heavy atom. The van der Waals surface area contributed by atoms with Gasteiger partial charge in [0.25, 0.3) is 5.91 Å². The van der Waals surface area contributed by atoms with Crippen LogP contribution < -0.4 is 5.32 Å². The molecule has 7 nitrogen and oxygen atoms in total. The number of nitrogens with zero attached hydrogens (tertiary/aromatic N) is 5. The second-order valence-electron chi connectivity index (χ2n) is 6.09. The van der Waals surface area contributed by atoms with Crippen molar-refractivity contribution in [2.24, 2.45) is 0 Å². The number of aromatic nitrogens is 5. The first-order valence-corrected chi connectivity index (χ1v) is 8.37. The summed E-state index contributed by atoms with van der Waals surface area (Å²) in [7, 11) is 0. The second-order valence-corrected chi connectivity index (χ2v) is 6.09. The number of rotatable bonds is 5. The fourth-order valence-electron chi connectivity index (χ4n) is 2.84. The topological polar surface area (TPSA) is 77.1 Å². The van der Waals surface area contributed by atoms with Crippen LogP contribution in [0.2, 0.25) is 0 Å². The number of pyridine rings is 1. The molecular weight excluding hydrogens is 328 g/mol. The van der Waals surface area contributed by atoms with Gasteiger partial charge in [-0.05, 0) is 24.6 Å². The van der Waals surface area contributed by atoms with Crippen LogP contribution in [0.4, 0.5) is 0 Å². The van der Waals surface area contributed by atoms with Crippen molar-refractivity contribution >= 4 is 11.6 Å². The molecule has 1 atom stereocenters. The maximum atomic E-state index is 12.5. The molecule has 26 heavy (non-hydrogen) atoms. The Morgan fingerprint density at radius 2 is 1.92 bits per heavy atom. The van der Waals surface area contributed by atoms with Crippen LogP contribution in [0.1, 0.15) is 34.7 Å². The molecule has 7 heteroatoms. The van der Waals surface area contributed by atoms with Gasteiger partial charge in [0, 0.05) is 12.4 Å². The van der Waals surface area contributed by atoms with Gasteiger partial charge in [-0.2, -0.15) is 5.10 Å². The molecule has 0 aliphatic carbocycles. The Kier molecular flexibility index (Phi) is 4.18. The first kappa shape index (κ1) is 16.0. The monoisotopic (exact) mass is 346 g/mol. The van der Waals surface area contributed by atoms with Crippen molar-refractivity contribution in [2.45, 2.75) is 19.5 Å². The Morgan fingerprint density at radius 3 is 2.77 bits per heavy atom. The zero-order valence-electron chi connectivity index (χ0n) is 14.3. The van der Waals surface area contributed by atoms with E-state index in [1.54, 1.807) is 17.1 Å². The van der Waals surface area contributed by atoms with E-state index >= 15 is 0 Å². The van der Waals surface area contributed by atoms with E-state index in [1.807, 2.05) is 66.1 Å². The molecule has 0 aliphatic rings. The van der Waals surface area contributed by atoms with Crippen LogP contribution >= 0.6 is 0 Å². The molecule has 0 spiro atoms. The van der Waals surface area contributed by atoms with Gasteiger partial charge in [0.1, 0.15) is 0 Å². The Bertz CT molecular complexity index is 1040. The molecule has 3 heterocycles. The summed E-state index contributed by atoms with van der Waals surface area (Å²) < 4.78 is 3.62. The van der Waals surface area contributed by atoms with Crippen LogP contribution in [0.25, 0.3) is 5.65 Å². The first-order chi connectivity index (χ1) is 12.7. The van der Waals surface area contributed by atoms with E-state index in [4.69, 9.17) is 0 Å². The third kappa shape index (κ3) is 3.19. The van der Waals surface area contributed by atoms with E-state index in [0.29, 0.717) is 17.9 Å². The maximum Gasteiger partial charge on any atom is 0.255 e. The van der Waals surface area contributed by atoms with Crippen LogP contribution in [0.15, 0.2) is 67.1 Å². The van der Waals surface area contributed by atoms with Crippen LogP contribution in [0.3, 0.4) is 0 Å². The highest BCUT2D eigenvalue weighted by atomic mass is 16.1. The number of nitrogens with one attached hydrogen (secondary N) is 1. The van der Waals surface area contributed by atoms with Crippen molar-refractivity contribution in [3.63, 3.8) is 0 Å². The molecule has 1 amide bonds. The van der Waals surface area contributed by atoms with Gasteiger partial charge in [0.15, 0.2) is 11.5 Å². The molecule has 0 bridgehead atoms. The van der Waals surface area contributed by atoms with Gasteiger partial charge in [-0.3, -0.25) is 13.9 Å². The van der Waals surface area contributed by atoms with Crippen molar-refractivity contribution in [2.75, 3.05) is 0 Å². The van der Waals surface area contributed by atoms with E-state index in [-0.39, 0.29) is 11.9 Å². The van der Waals surface area contributed by atoms with Gasteiger partial charge >= 0.3 is 0 Å². The lowest BCUT2D eigenvalue weighted by molar-refractivity contribution is 0.0938. The minimum absolute atomic E-state index is 0.190. The van der Waals surface area contributed by atoms with Gasteiger partial charge in [0.05, 0.1) is 24.3 Å². The van der Waals surface area contributed by atoms with Crippen LogP contribution in [0.5, 0.6) is 0 Å². The first-order valence-electron chi connectivity index (χ1n) is 8.37. The average Bonchev–Trinajstić information content (AvgIpc) is 3.29. The van der Waals surface area contributed by atoms with Crippen molar-refractivity contribution in [3.05, 3.63) is 84.1 Å². The van der Waals surface area contributed by atoms with E-state index in [1.165, 1.54) is 0 Å². The molecule has 1 N–H and O–H groups in total. The minimum atomic E-state index is -0.280. The van der Waals surface area contributed by atoms with E-state index in [9.17, 15) is 4.79 Å². The summed E-state index contributed by atoms with van der Waals surface area (Å²) >= 11 is 0. The van der Waals surface area contributed by atoms with Gasteiger partial charge in [0.2, 0.25) is 0 Å². The lowest BCUT2D eigenvalue weighted by atomic mass is 10.2. The summed E-state index contributed by atoms with van der Waals surface area (Å²) in [5.41, 5.74) is 2.40. The van der Waals surface area contributed by atoms with Gasteiger partial charge in [-0.15, -0.1) is 10.2 Å². The Labute approximate surface area is 150 Å². The molecular formula is C19H18N6O. The molecule has 3 aromatic heterocycles. The summed E-state index contributed by atoms with van der Waals surface area (Å²) in [6, 6.07) is 15.4. The Balaban J connectivity index is 1.46. The number of benzene rings is 1. The SMILES string of the molecule is C[C@H](NC(=O)c1cnn(Cc2ccccc2)c1)c1nnc2ccccn12. The maximum absolute atomic E-state index is 12.5. The summed E-state index contributed by atoms with van der Waals surface area (Å²) in [5.74, 6) is 0.495. The summed E-state index contributed by atoms with van der Waals surface area (Å²) in [5, 5.41) is 15.5. The predicted octanol–water partition coefficient (Wildman–Crippen LogP) is 2.47. The van der Waals surface area contributed by atoms with Crippen molar-refractivity contribution < 1.29 is 4.79 Å². The van der Waals surface area contributed by atoms with Crippen LogP contribution in [0, 0.1) is 0 Å². The highest BCUT2D eigenvalue weighted by molar-refractivity contribution is 5.93. The molecule has 0 fully saturated rings. The van der Waals surface area contributed by atoms with Crippen molar-refractivity contribution in [1.29, 1.82) is 0 Å². The number of hydrogen-bond acceptors (Lipinski definition) is 4. The van der Waals surface area contributed by atoms with Gasteiger partial charge < -0.3 is 5.32 Å². The predicted molar refractivity (Wildman–Crippen MR) is 96.6 cm³/mol. The standard InChI is InChI=1S/C19H18N6O/c1-14(18-23-22-17-9-5-6-10-25(17)18)21-19(26)16-11-20-24(13-16)12-15-7-3-2-4-8-15/h2-11,13-14H,12H2,1H3,(H,21,26)/t14-/m0/s1. The quantitative estimate of drug-likeness (QED) is 0.602.